The van der Waals surface area contributed by atoms with E-state index < -0.39 is 0 Å². The van der Waals surface area contributed by atoms with Crippen LogP contribution in [0.4, 0.5) is 0 Å². The maximum Gasteiger partial charge on any atom is 0.200 e. The van der Waals surface area contributed by atoms with Crippen LogP contribution in [0.5, 0.6) is 0 Å². The van der Waals surface area contributed by atoms with Crippen LogP contribution in [-0.4, -0.2) is 37.5 Å². The SMILES string of the molecule is CCCCCCCCCCCCCCCCN=C(NC(=N)N)N(C)C. The zero-order chi connectivity index (χ0) is 18.8. The third kappa shape index (κ3) is 17.4. The zero-order valence-corrected chi connectivity index (χ0v) is 17.1. The van der Waals surface area contributed by atoms with E-state index >= 15 is 0 Å². The van der Waals surface area contributed by atoms with Gasteiger partial charge in [-0.3, -0.25) is 15.7 Å². The van der Waals surface area contributed by atoms with Crippen LogP contribution in [0.2, 0.25) is 0 Å². The Morgan fingerprint density at radius 3 is 1.56 bits per heavy atom. The zero-order valence-electron chi connectivity index (χ0n) is 17.1. The molecule has 5 heteroatoms. The van der Waals surface area contributed by atoms with Crippen molar-refractivity contribution in [2.45, 2.75) is 96.8 Å². The minimum atomic E-state index is -0.0617. The summed E-state index contributed by atoms with van der Waals surface area (Å²) in [5.74, 6) is 0.607. The van der Waals surface area contributed by atoms with E-state index in [1.165, 1.54) is 83.5 Å². The maximum atomic E-state index is 7.27. The van der Waals surface area contributed by atoms with Crippen molar-refractivity contribution in [3.63, 3.8) is 0 Å². The fraction of sp³-hybridized carbons (Fsp3) is 0.900. The van der Waals surface area contributed by atoms with E-state index in [0.717, 1.165) is 13.0 Å². The van der Waals surface area contributed by atoms with Crippen LogP contribution in [0.1, 0.15) is 96.8 Å². The molecule has 0 aromatic carbocycles. The smallest absolute Gasteiger partial charge is 0.200 e. The van der Waals surface area contributed by atoms with Gasteiger partial charge in [-0.15, -0.1) is 0 Å². The van der Waals surface area contributed by atoms with E-state index in [-0.39, 0.29) is 5.96 Å². The second-order valence-electron chi connectivity index (χ2n) is 7.23. The molecule has 0 atom stereocenters. The van der Waals surface area contributed by atoms with Gasteiger partial charge < -0.3 is 10.6 Å². The molecule has 4 N–H and O–H groups in total. The molecule has 25 heavy (non-hydrogen) atoms. The van der Waals surface area contributed by atoms with Crippen molar-refractivity contribution >= 4 is 11.9 Å². The van der Waals surface area contributed by atoms with Gasteiger partial charge in [0.05, 0.1) is 0 Å². The molecule has 148 valence electrons. The van der Waals surface area contributed by atoms with Gasteiger partial charge in [0.1, 0.15) is 0 Å². The number of guanidine groups is 2. The molecule has 5 nitrogen and oxygen atoms in total. The average Bonchev–Trinajstić information content (AvgIpc) is 2.56. The first-order valence-electron chi connectivity index (χ1n) is 10.4. The molecule has 0 amide bonds. The fourth-order valence-electron chi connectivity index (χ4n) is 2.90. The number of nitrogens with zero attached hydrogens (tertiary/aromatic N) is 2. The average molecular weight is 354 g/mol. The van der Waals surface area contributed by atoms with Crippen molar-refractivity contribution < 1.29 is 0 Å². The summed E-state index contributed by atoms with van der Waals surface area (Å²) in [6.45, 7) is 3.08. The summed E-state index contributed by atoms with van der Waals surface area (Å²) >= 11 is 0. The van der Waals surface area contributed by atoms with Crippen LogP contribution in [0, 0.1) is 5.41 Å². The Morgan fingerprint density at radius 2 is 1.20 bits per heavy atom. The summed E-state index contributed by atoms with van der Waals surface area (Å²) in [6, 6.07) is 0. The molecule has 0 radical (unpaired) electrons. The second kappa shape index (κ2) is 17.6. The van der Waals surface area contributed by atoms with Gasteiger partial charge >= 0.3 is 0 Å². The summed E-state index contributed by atoms with van der Waals surface area (Å²) < 4.78 is 0. The largest absolute Gasteiger partial charge is 0.370 e. The molecule has 0 saturated carbocycles. The monoisotopic (exact) mass is 353 g/mol. The van der Waals surface area contributed by atoms with Gasteiger partial charge in [-0.2, -0.15) is 0 Å². The van der Waals surface area contributed by atoms with Crippen molar-refractivity contribution in [1.29, 1.82) is 5.41 Å². The lowest BCUT2D eigenvalue weighted by atomic mass is 10.0. The van der Waals surface area contributed by atoms with E-state index in [9.17, 15) is 0 Å². The van der Waals surface area contributed by atoms with Crippen molar-refractivity contribution in [3.8, 4) is 0 Å². The van der Waals surface area contributed by atoms with E-state index in [4.69, 9.17) is 11.1 Å². The van der Waals surface area contributed by atoms with Gasteiger partial charge in [0.25, 0.3) is 0 Å². The van der Waals surface area contributed by atoms with Crippen molar-refractivity contribution in [3.05, 3.63) is 0 Å². The number of hydrogen-bond acceptors (Lipinski definition) is 2. The molecule has 0 spiro atoms. The molecule has 0 aromatic rings. The van der Waals surface area contributed by atoms with Crippen LogP contribution >= 0.6 is 0 Å². The van der Waals surface area contributed by atoms with Gasteiger partial charge in [-0.05, 0) is 6.42 Å². The molecule has 0 aliphatic heterocycles. The number of aliphatic imine (C=N–C) groups is 1. The summed E-state index contributed by atoms with van der Waals surface area (Å²) in [5.41, 5.74) is 5.35. The molecule has 0 unspecified atom stereocenters. The van der Waals surface area contributed by atoms with Gasteiger partial charge in [0, 0.05) is 20.6 Å². The number of unbranched alkanes of at least 4 members (excludes halogenated alkanes) is 13. The lowest BCUT2D eigenvalue weighted by molar-refractivity contribution is 0.535. The lowest BCUT2D eigenvalue weighted by Gasteiger charge is -2.16. The molecule has 0 saturated heterocycles. The minimum absolute atomic E-state index is 0.0617. The predicted octanol–water partition coefficient (Wildman–Crippen LogP) is 4.87. The van der Waals surface area contributed by atoms with Crippen LogP contribution in [0.3, 0.4) is 0 Å². The Hall–Kier alpha value is -1.26. The van der Waals surface area contributed by atoms with Gasteiger partial charge in [0.2, 0.25) is 0 Å². The van der Waals surface area contributed by atoms with E-state index in [1.54, 1.807) is 0 Å². The summed E-state index contributed by atoms with van der Waals surface area (Å²) in [7, 11) is 3.81. The first kappa shape index (κ1) is 23.7. The molecule has 0 aliphatic rings. The molecule has 0 rings (SSSR count). The first-order chi connectivity index (χ1) is 12.1. The van der Waals surface area contributed by atoms with Crippen LogP contribution in [0.15, 0.2) is 4.99 Å². The Balaban J connectivity index is 3.37. The van der Waals surface area contributed by atoms with Crippen LogP contribution < -0.4 is 11.1 Å². The van der Waals surface area contributed by atoms with E-state index in [2.05, 4.69) is 17.2 Å². The highest BCUT2D eigenvalue weighted by Gasteiger charge is 2.01. The van der Waals surface area contributed by atoms with Crippen molar-refractivity contribution in [1.82, 2.24) is 10.2 Å². The first-order valence-corrected chi connectivity index (χ1v) is 10.4. The number of nitrogens with two attached hydrogens (primary N) is 1. The number of rotatable bonds is 15. The fourth-order valence-corrected chi connectivity index (χ4v) is 2.90. The van der Waals surface area contributed by atoms with Crippen molar-refractivity contribution in [2.24, 2.45) is 10.7 Å². The van der Waals surface area contributed by atoms with Gasteiger partial charge in [0.15, 0.2) is 11.9 Å². The third-order valence-corrected chi connectivity index (χ3v) is 4.44. The molecule has 0 aromatic heterocycles. The minimum Gasteiger partial charge on any atom is -0.370 e. The predicted molar refractivity (Wildman–Crippen MR) is 111 cm³/mol. The topological polar surface area (TPSA) is 77.5 Å². The highest BCUT2D eigenvalue weighted by atomic mass is 15.3. The molecule has 0 aliphatic carbocycles. The van der Waals surface area contributed by atoms with E-state index in [0.29, 0.717) is 5.96 Å². The summed E-state index contributed by atoms with van der Waals surface area (Å²) in [6.07, 6.45) is 19.1. The molecule has 0 heterocycles. The number of hydrogen-bond donors (Lipinski definition) is 3. The van der Waals surface area contributed by atoms with Crippen molar-refractivity contribution in [2.75, 3.05) is 20.6 Å². The molecular weight excluding hydrogens is 310 g/mol. The summed E-state index contributed by atoms with van der Waals surface area (Å²) in [4.78, 5) is 6.32. The Morgan fingerprint density at radius 1 is 0.800 bits per heavy atom. The van der Waals surface area contributed by atoms with Crippen LogP contribution in [0.25, 0.3) is 0 Å². The summed E-state index contributed by atoms with van der Waals surface area (Å²) in [5, 5.41) is 10.0. The quantitative estimate of drug-likeness (QED) is 0.223. The maximum absolute atomic E-state index is 7.27. The number of nitrogens with one attached hydrogen (secondary N) is 2. The highest BCUT2D eigenvalue weighted by molar-refractivity contribution is 5.96. The Kier molecular flexibility index (Phi) is 16.7. The Labute approximate surface area is 156 Å². The molecule has 0 fully saturated rings. The standard InChI is InChI=1S/C20H43N5/c1-4-5-6-7-8-9-10-11-12-13-14-15-16-17-18-23-20(25(2)3)24-19(21)22/h4-18H2,1-3H3,(H4,21,22,23,24). The lowest BCUT2D eigenvalue weighted by Crippen LogP contribution is -2.43. The van der Waals surface area contributed by atoms with Gasteiger partial charge in [-0.1, -0.05) is 90.4 Å². The highest BCUT2D eigenvalue weighted by Crippen LogP contribution is 2.12. The molecule has 0 bridgehead atoms. The van der Waals surface area contributed by atoms with E-state index in [1.807, 2.05) is 19.0 Å². The molecular formula is C20H43N5. The van der Waals surface area contributed by atoms with Crippen LogP contribution in [-0.2, 0) is 0 Å². The third-order valence-electron chi connectivity index (χ3n) is 4.44. The second-order valence-corrected chi connectivity index (χ2v) is 7.23. The normalized spacial score (nSPS) is 11.6. The van der Waals surface area contributed by atoms with Gasteiger partial charge in [-0.25, -0.2) is 0 Å². The Bertz CT molecular complexity index is 339.